The van der Waals surface area contributed by atoms with E-state index in [1.54, 1.807) is 14.2 Å². The monoisotopic (exact) mass is 511 g/mol. The fraction of sp³-hybridized carbons (Fsp3) is 0.394. The van der Waals surface area contributed by atoms with Crippen LogP contribution in [-0.4, -0.2) is 56.8 Å². The summed E-state index contributed by atoms with van der Waals surface area (Å²) in [5.74, 6) is 2.55. The van der Waals surface area contributed by atoms with Gasteiger partial charge in [-0.1, -0.05) is 45.9 Å². The average Bonchev–Trinajstić information content (AvgIpc) is 3.32. The van der Waals surface area contributed by atoms with Crippen LogP contribution in [0.15, 0.2) is 60.7 Å². The third-order valence-corrected chi connectivity index (χ3v) is 7.63. The molecule has 5 rings (SSSR count). The maximum Gasteiger partial charge on any atom is 0.161 e. The number of hydrogen-bond donors (Lipinski definition) is 1. The number of nitrogens with one attached hydrogen (secondary N) is 1. The van der Waals surface area contributed by atoms with Crippen LogP contribution < -0.4 is 14.4 Å². The van der Waals surface area contributed by atoms with Gasteiger partial charge in [0, 0.05) is 54.9 Å². The molecule has 5 nitrogen and oxygen atoms in total. The second kappa shape index (κ2) is 11.1. The third kappa shape index (κ3) is 5.25. The van der Waals surface area contributed by atoms with Crippen molar-refractivity contribution < 1.29 is 9.47 Å². The summed E-state index contributed by atoms with van der Waals surface area (Å²) in [5, 5.41) is 1.27. The van der Waals surface area contributed by atoms with Crippen molar-refractivity contribution in [3.05, 3.63) is 66.2 Å². The Balaban J connectivity index is 1.47. The SMILES string of the molecule is COc1ccc(-c2[nH]c3ccc(-c4cccc(N5CCN(CC(C)C)CC5)c4)cc3c2C(C)C)cc1OC. The molecule has 0 aliphatic carbocycles. The molecule has 2 heterocycles. The van der Waals surface area contributed by atoms with Crippen molar-refractivity contribution in [2.45, 2.75) is 33.6 Å². The minimum atomic E-state index is 0.357. The molecule has 0 saturated carbocycles. The first-order valence-corrected chi connectivity index (χ1v) is 13.8. The molecule has 5 heteroatoms. The number of rotatable bonds is 8. The van der Waals surface area contributed by atoms with E-state index in [4.69, 9.17) is 9.47 Å². The number of ether oxygens (including phenoxy) is 2. The number of benzene rings is 3. The quantitative estimate of drug-likeness (QED) is 0.267. The van der Waals surface area contributed by atoms with E-state index in [1.807, 2.05) is 6.07 Å². The molecular formula is C33H41N3O2. The van der Waals surface area contributed by atoms with Gasteiger partial charge >= 0.3 is 0 Å². The van der Waals surface area contributed by atoms with Crippen LogP contribution in [0.5, 0.6) is 11.5 Å². The van der Waals surface area contributed by atoms with Crippen LogP contribution >= 0.6 is 0 Å². The zero-order valence-electron chi connectivity index (χ0n) is 23.7. The number of methoxy groups -OCH3 is 2. The Bertz CT molecular complexity index is 1400. The molecule has 1 aromatic heterocycles. The van der Waals surface area contributed by atoms with Crippen molar-refractivity contribution >= 4 is 16.6 Å². The van der Waals surface area contributed by atoms with E-state index in [0.717, 1.165) is 60.4 Å². The summed E-state index contributed by atoms with van der Waals surface area (Å²) in [6.07, 6.45) is 0. The Kier molecular flexibility index (Phi) is 7.66. The molecule has 0 unspecified atom stereocenters. The number of nitrogens with zero attached hydrogens (tertiary/aromatic N) is 2. The van der Waals surface area contributed by atoms with Gasteiger partial charge in [0.15, 0.2) is 11.5 Å². The highest BCUT2D eigenvalue weighted by Gasteiger charge is 2.20. The standard InChI is InChI=1S/C33H41N3O2/c1-22(2)21-35-14-16-36(17-15-35)27-9-7-8-24(18-27)25-10-12-29-28(19-25)32(23(3)4)33(34-29)26-11-13-30(37-5)31(20-26)38-6/h7-13,18-20,22-23,34H,14-17,21H2,1-6H3. The molecule has 200 valence electrons. The highest BCUT2D eigenvalue weighted by atomic mass is 16.5. The van der Waals surface area contributed by atoms with Gasteiger partial charge in [0.1, 0.15) is 0 Å². The minimum Gasteiger partial charge on any atom is -0.493 e. The molecule has 1 aliphatic rings. The Labute approximate surface area is 227 Å². The van der Waals surface area contributed by atoms with Gasteiger partial charge in [-0.2, -0.15) is 0 Å². The molecule has 1 saturated heterocycles. The highest BCUT2D eigenvalue weighted by Crippen LogP contribution is 2.40. The molecule has 4 aromatic rings. The summed E-state index contributed by atoms with van der Waals surface area (Å²) in [7, 11) is 3.35. The first kappa shape index (κ1) is 26.2. The van der Waals surface area contributed by atoms with E-state index < -0.39 is 0 Å². The summed E-state index contributed by atoms with van der Waals surface area (Å²) in [5.41, 5.74) is 8.54. The number of hydrogen-bond acceptors (Lipinski definition) is 4. The van der Waals surface area contributed by atoms with Crippen molar-refractivity contribution in [2.75, 3.05) is 51.8 Å². The molecule has 38 heavy (non-hydrogen) atoms. The second-order valence-corrected chi connectivity index (χ2v) is 11.1. The van der Waals surface area contributed by atoms with Gasteiger partial charge in [-0.3, -0.25) is 4.90 Å². The van der Waals surface area contributed by atoms with Gasteiger partial charge in [0.2, 0.25) is 0 Å². The van der Waals surface area contributed by atoms with Crippen molar-refractivity contribution in [3.63, 3.8) is 0 Å². The van der Waals surface area contributed by atoms with Gasteiger partial charge in [-0.25, -0.2) is 0 Å². The topological polar surface area (TPSA) is 40.7 Å². The normalized spacial score (nSPS) is 14.6. The number of aromatic amines is 1. The predicted molar refractivity (Wildman–Crippen MR) is 160 cm³/mol. The summed E-state index contributed by atoms with van der Waals surface area (Å²) >= 11 is 0. The fourth-order valence-corrected chi connectivity index (χ4v) is 5.80. The molecule has 1 fully saturated rings. The second-order valence-electron chi connectivity index (χ2n) is 11.1. The Morgan fingerprint density at radius 2 is 1.47 bits per heavy atom. The lowest BCUT2D eigenvalue weighted by Gasteiger charge is -2.37. The lowest BCUT2D eigenvalue weighted by atomic mass is 9.94. The van der Waals surface area contributed by atoms with Gasteiger partial charge in [0.05, 0.1) is 19.9 Å². The number of aromatic nitrogens is 1. The maximum atomic E-state index is 5.59. The molecule has 1 aliphatic heterocycles. The van der Waals surface area contributed by atoms with Crippen LogP contribution in [0.3, 0.4) is 0 Å². The smallest absolute Gasteiger partial charge is 0.161 e. The first-order chi connectivity index (χ1) is 18.4. The first-order valence-electron chi connectivity index (χ1n) is 13.8. The van der Waals surface area contributed by atoms with E-state index in [-0.39, 0.29) is 0 Å². The lowest BCUT2D eigenvalue weighted by molar-refractivity contribution is 0.231. The van der Waals surface area contributed by atoms with Gasteiger partial charge in [-0.15, -0.1) is 0 Å². The zero-order valence-corrected chi connectivity index (χ0v) is 23.7. The molecule has 0 atom stereocenters. The van der Waals surface area contributed by atoms with Crippen LogP contribution in [0.25, 0.3) is 33.3 Å². The predicted octanol–water partition coefficient (Wildman–Crippen LogP) is 7.42. The summed E-state index contributed by atoms with van der Waals surface area (Å²) in [6, 6.07) is 22.0. The van der Waals surface area contributed by atoms with Crippen LogP contribution in [0, 0.1) is 5.92 Å². The number of fused-ring (bicyclic) bond motifs is 1. The van der Waals surface area contributed by atoms with Gasteiger partial charge < -0.3 is 19.4 Å². The molecule has 0 radical (unpaired) electrons. The minimum absolute atomic E-state index is 0.357. The van der Waals surface area contributed by atoms with Crippen molar-refractivity contribution in [2.24, 2.45) is 5.92 Å². The summed E-state index contributed by atoms with van der Waals surface area (Å²) < 4.78 is 11.0. The molecule has 1 N–H and O–H groups in total. The molecular weight excluding hydrogens is 470 g/mol. The summed E-state index contributed by atoms with van der Waals surface area (Å²) in [6.45, 7) is 14.8. The number of piperazine rings is 1. The van der Waals surface area contributed by atoms with Crippen LogP contribution in [0.4, 0.5) is 5.69 Å². The van der Waals surface area contributed by atoms with Crippen molar-refractivity contribution in [1.29, 1.82) is 0 Å². The van der Waals surface area contributed by atoms with E-state index in [2.05, 4.69) is 97.1 Å². The molecule has 3 aromatic carbocycles. The van der Waals surface area contributed by atoms with Gasteiger partial charge in [0.25, 0.3) is 0 Å². The van der Waals surface area contributed by atoms with Crippen LogP contribution in [0.1, 0.15) is 39.2 Å². The molecule has 0 bridgehead atoms. The summed E-state index contributed by atoms with van der Waals surface area (Å²) in [4.78, 5) is 8.82. The molecule has 0 amide bonds. The largest absolute Gasteiger partial charge is 0.493 e. The molecule has 0 spiro atoms. The Hall–Kier alpha value is -3.44. The Morgan fingerprint density at radius 3 is 2.16 bits per heavy atom. The maximum absolute atomic E-state index is 5.59. The van der Waals surface area contributed by atoms with E-state index in [1.165, 1.54) is 34.3 Å². The van der Waals surface area contributed by atoms with Crippen LogP contribution in [0.2, 0.25) is 0 Å². The average molecular weight is 512 g/mol. The lowest BCUT2D eigenvalue weighted by Crippen LogP contribution is -2.47. The van der Waals surface area contributed by atoms with E-state index in [0.29, 0.717) is 5.92 Å². The van der Waals surface area contributed by atoms with Crippen molar-refractivity contribution in [1.82, 2.24) is 9.88 Å². The van der Waals surface area contributed by atoms with Crippen LogP contribution in [-0.2, 0) is 0 Å². The number of H-pyrrole nitrogens is 1. The van der Waals surface area contributed by atoms with E-state index in [9.17, 15) is 0 Å². The zero-order chi connectivity index (χ0) is 26.8. The van der Waals surface area contributed by atoms with Gasteiger partial charge in [-0.05, 0) is 71.0 Å². The Morgan fingerprint density at radius 1 is 0.763 bits per heavy atom. The third-order valence-electron chi connectivity index (χ3n) is 7.63. The van der Waals surface area contributed by atoms with Crippen molar-refractivity contribution in [3.8, 4) is 33.9 Å². The fourth-order valence-electron chi connectivity index (χ4n) is 5.80. The number of anilines is 1. The van der Waals surface area contributed by atoms with E-state index >= 15 is 0 Å². The highest BCUT2D eigenvalue weighted by molar-refractivity contribution is 5.94.